The Morgan fingerprint density at radius 2 is 1.67 bits per heavy atom. The molecule has 11 nitrogen and oxygen atoms in total. The number of carbonyl (C=O) groups is 1. The van der Waals surface area contributed by atoms with Crippen molar-refractivity contribution in [3.63, 3.8) is 0 Å². The SMILES string of the molecule is Cc1cccc(C)c1-c1cc2nc(n1)NS(=O)(=O)c1cccc(c1)C(=O)N(C13CC(C1)C3c1cnc(C3CCOCC3)cn1)[C@H](CC(C)C)CO2. The molecule has 2 aliphatic heterocycles. The van der Waals surface area contributed by atoms with Crippen molar-refractivity contribution in [3.05, 3.63) is 89.0 Å². The van der Waals surface area contributed by atoms with E-state index < -0.39 is 15.6 Å². The largest absolute Gasteiger partial charge is 0.475 e. The molecule has 2 aromatic heterocycles. The van der Waals surface area contributed by atoms with Crippen molar-refractivity contribution < 1.29 is 22.7 Å². The van der Waals surface area contributed by atoms with Gasteiger partial charge in [0.1, 0.15) is 6.61 Å². The number of aromatic nitrogens is 4. The molecule has 51 heavy (non-hydrogen) atoms. The van der Waals surface area contributed by atoms with E-state index in [0.717, 1.165) is 67.0 Å². The van der Waals surface area contributed by atoms with Crippen LogP contribution in [0.1, 0.15) is 90.7 Å². The van der Waals surface area contributed by atoms with Crippen LogP contribution in [-0.4, -0.2) is 70.6 Å². The molecule has 4 aromatic rings. The molecule has 1 amide bonds. The molecule has 3 aliphatic carbocycles. The lowest BCUT2D eigenvalue weighted by Gasteiger charge is -2.72. The van der Waals surface area contributed by atoms with E-state index in [4.69, 9.17) is 19.4 Å². The lowest BCUT2D eigenvalue weighted by Crippen LogP contribution is -2.77. The van der Waals surface area contributed by atoms with Crippen molar-refractivity contribution in [2.45, 2.75) is 88.1 Å². The number of nitrogens with one attached hydrogen (secondary N) is 1. The Morgan fingerprint density at radius 3 is 2.33 bits per heavy atom. The van der Waals surface area contributed by atoms with E-state index in [1.54, 1.807) is 18.2 Å². The maximum atomic E-state index is 14.9. The van der Waals surface area contributed by atoms with Crippen LogP contribution in [0, 0.1) is 25.7 Å². The van der Waals surface area contributed by atoms with Gasteiger partial charge >= 0.3 is 0 Å². The van der Waals surface area contributed by atoms with Crippen molar-refractivity contribution in [3.8, 4) is 17.1 Å². The highest BCUT2D eigenvalue weighted by Gasteiger charge is 2.71. The maximum absolute atomic E-state index is 14.9. The Bertz CT molecular complexity index is 2060. The molecular formula is C39H44N6O5S. The first-order chi connectivity index (χ1) is 24.5. The third kappa shape index (κ3) is 6.05. The second-order valence-corrected chi connectivity index (χ2v) is 16.8. The molecule has 4 fully saturated rings. The van der Waals surface area contributed by atoms with Crippen molar-refractivity contribution in [1.82, 2.24) is 24.8 Å². The van der Waals surface area contributed by atoms with Crippen LogP contribution in [-0.2, 0) is 14.8 Å². The molecule has 2 atom stereocenters. The lowest BCUT2D eigenvalue weighted by molar-refractivity contribution is -0.171. The highest BCUT2D eigenvalue weighted by atomic mass is 32.2. The van der Waals surface area contributed by atoms with Gasteiger partial charge in [0.05, 0.1) is 33.6 Å². The zero-order chi connectivity index (χ0) is 35.5. The van der Waals surface area contributed by atoms with Crippen molar-refractivity contribution in [2.75, 3.05) is 24.5 Å². The van der Waals surface area contributed by atoms with Crippen LogP contribution < -0.4 is 9.46 Å². The number of fused-ring (bicyclic) bond motifs is 4. The Kier molecular flexibility index (Phi) is 8.57. The van der Waals surface area contributed by atoms with E-state index in [-0.39, 0.29) is 47.1 Å². The number of amides is 1. The number of sulfonamides is 1. The minimum atomic E-state index is -4.16. The number of rotatable bonds is 6. The van der Waals surface area contributed by atoms with Crippen LogP contribution in [0.3, 0.4) is 0 Å². The highest BCUT2D eigenvalue weighted by molar-refractivity contribution is 7.92. The third-order valence-electron chi connectivity index (χ3n) is 11.2. The second kappa shape index (κ2) is 13.0. The number of carbonyl (C=O) groups excluding carboxylic acids is 1. The summed E-state index contributed by atoms with van der Waals surface area (Å²) in [6.07, 6.45) is 8.06. The number of aryl methyl sites for hydroxylation is 2. The van der Waals surface area contributed by atoms with Gasteiger partial charge in [0.2, 0.25) is 11.8 Å². The normalized spacial score (nSPS) is 25.7. The highest BCUT2D eigenvalue weighted by Crippen LogP contribution is 2.70. The molecule has 5 aliphatic rings. The lowest BCUT2D eigenvalue weighted by atomic mass is 9.40. The van der Waals surface area contributed by atoms with Crippen LogP contribution in [0.4, 0.5) is 5.95 Å². The van der Waals surface area contributed by atoms with Gasteiger partial charge in [0, 0.05) is 54.6 Å². The predicted molar refractivity (Wildman–Crippen MR) is 192 cm³/mol. The van der Waals surface area contributed by atoms with Gasteiger partial charge < -0.3 is 14.4 Å². The molecule has 12 heteroatoms. The molecule has 2 aromatic carbocycles. The summed E-state index contributed by atoms with van der Waals surface area (Å²) in [5, 5.41) is 0. The van der Waals surface area contributed by atoms with E-state index in [0.29, 0.717) is 29.5 Å². The average Bonchev–Trinajstić information content (AvgIpc) is 3.08. The van der Waals surface area contributed by atoms with Gasteiger partial charge in [-0.05, 0) is 87.1 Å². The Balaban J connectivity index is 1.21. The Labute approximate surface area is 299 Å². The standard InChI is InChI=1S/C39H44N6O5S/c1-23(2)15-29-22-50-34-17-31(35-24(3)7-5-8-25(35)4)42-38(43-34)44-51(47,48)30-10-6-9-27(16-30)37(46)45(29)39-18-28(19-39)36(39)33-21-40-32(20-41-33)26-11-13-49-14-12-26/h5-10,16-17,20-21,23,26,28-29,36H,11-15,18-19,22H2,1-4H3,(H,42,43,44)/t28?,29-,36?,39?/m1/s1. The number of hydrogen-bond acceptors (Lipinski definition) is 9. The molecule has 3 saturated carbocycles. The summed E-state index contributed by atoms with van der Waals surface area (Å²) in [5.74, 6) is 0.924. The van der Waals surface area contributed by atoms with Crippen LogP contribution >= 0.6 is 0 Å². The van der Waals surface area contributed by atoms with Gasteiger partial charge in [-0.3, -0.25) is 14.8 Å². The predicted octanol–water partition coefficient (Wildman–Crippen LogP) is 6.44. The fraction of sp³-hybridized carbons (Fsp3) is 0.462. The smallest absolute Gasteiger partial charge is 0.264 e. The van der Waals surface area contributed by atoms with Crippen molar-refractivity contribution >= 4 is 21.9 Å². The van der Waals surface area contributed by atoms with E-state index >= 15 is 0 Å². The van der Waals surface area contributed by atoms with Gasteiger partial charge in [0.25, 0.3) is 15.9 Å². The average molecular weight is 709 g/mol. The van der Waals surface area contributed by atoms with Gasteiger partial charge in [-0.2, -0.15) is 4.98 Å². The molecule has 1 N–H and O–H groups in total. The summed E-state index contributed by atoms with van der Waals surface area (Å²) in [4.78, 5) is 35.9. The van der Waals surface area contributed by atoms with E-state index in [9.17, 15) is 13.2 Å². The summed E-state index contributed by atoms with van der Waals surface area (Å²) < 4.78 is 42.3. The number of ether oxygens (including phenoxy) is 2. The zero-order valence-corrected chi connectivity index (χ0v) is 30.3. The second-order valence-electron chi connectivity index (χ2n) is 15.1. The molecule has 6 bridgehead atoms. The summed E-state index contributed by atoms with van der Waals surface area (Å²) in [5.41, 5.74) is 5.11. The third-order valence-corrected chi connectivity index (χ3v) is 12.5. The first-order valence-corrected chi connectivity index (χ1v) is 19.5. The van der Waals surface area contributed by atoms with Gasteiger partial charge in [-0.1, -0.05) is 38.1 Å². The van der Waals surface area contributed by atoms with E-state index in [1.807, 2.05) is 49.3 Å². The molecule has 9 rings (SSSR count). The summed E-state index contributed by atoms with van der Waals surface area (Å²) in [6, 6.07) is 13.7. The molecular weight excluding hydrogens is 665 g/mol. The Hall–Kier alpha value is -4.42. The summed E-state index contributed by atoms with van der Waals surface area (Å²) in [6.45, 7) is 9.92. The van der Waals surface area contributed by atoms with E-state index in [1.165, 1.54) is 12.1 Å². The van der Waals surface area contributed by atoms with Gasteiger partial charge in [-0.25, -0.2) is 18.1 Å². The molecule has 0 spiro atoms. The molecule has 0 radical (unpaired) electrons. The van der Waals surface area contributed by atoms with Crippen molar-refractivity contribution in [2.24, 2.45) is 11.8 Å². The van der Waals surface area contributed by atoms with Crippen molar-refractivity contribution in [1.29, 1.82) is 0 Å². The zero-order valence-electron chi connectivity index (χ0n) is 29.5. The number of nitrogens with zero attached hydrogens (tertiary/aromatic N) is 5. The van der Waals surface area contributed by atoms with Crippen LogP contribution in [0.5, 0.6) is 5.88 Å². The molecule has 1 unspecified atom stereocenters. The molecule has 266 valence electrons. The summed E-state index contributed by atoms with van der Waals surface area (Å²) in [7, 11) is -4.16. The molecule has 4 heterocycles. The number of hydrogen-bond donors (Lipinski definition) is 1. The first kappa shape index (κ1) is 33.7. The molecule has 1 saturated heterocycles. The first-order valence-electron chi connectivity index (χ1n) is 18.0. The maximum Gasteiger partial charge on any atom is 0.264 e. The topological polar surface area (TPSA) is 136 Å². The minimum absolute atomic E-state index is 0.0258. The van der Waals surface area contributed by atoms with Crippen LogP contribution in [0.15, 0.2) is 65.8 Å². The summed E-state index contributed by atoms with van der Waals surface area (Å²) >= 11 is 0. The minimum Gasteiger partial charge on any atom is -0.475 e. The van der Waals surface area contributed by atoms with Gasteiger partial charge in [-0.15, -0.1) is 0 Å². The number of benzene rings is 2. The van der Waals surface area contributed by atoms with Crippen LogP contribution in [0.2, 0.25) is 0 Å². The fourth-order valence-electron chi connectivity index (χ4n) is 8.74. The van der Waals surface area contributed by atoms with E-state index in [2.05, 4.69) is 28.5 Å². The van der Waals surface area contributed by atoms with Gasteiger partial charge in [0.15, 0.2) is 0 Å². The number of anilines is 1. The quantitative estimate of drug-likeness (QED) is 0.240. The fourth-order valence-corrected chi connectivity index (χ4v) is 9.73. The Morgan fingerprint density at radius 1 is 0.961 bits per heavy atom. The van der Waals surface area contributed by atoms with Crippen LogP contribution in [0.25, 0.3) is 11.3 Å². The monoisotopic (exact) mass is 708 g/mol.